The number of amides is 2. The van der Waals surface area contributed by atoms with E-state index in [1.165, 1.54) is 17.0 Å². The standard InChI is InChI=1S/C29H34ClFN4O10/c1-26(2,3)45-25(37)34-15-23(44-22-13-20(19(30)12-21(22)34)35(28(38,39)40)29(41,42)43)24(36)33-10-8-27(16-32,9-11-33)14-17-4-6-18(31)7-5-17/h4-7,12-13,23,38-43H,8-11,14-15H2,1-3H3. The number of benzene rings is 2. The minimum atomic E-state index is -4.06. The number of halogens is 2. The molecule has 16 heteroatoms. The lowest BCUT2D eigenvalue weighted by molar-refractivity contribution is -0.395. The van der Waals surface area contributed by atoms with Gasteiger partial charge in [0.1, 0.15) is 17.2 Å². The van der Waals surface area contributed by atoms with Gasteiger partial charge in [-0.3, -0.25) is 9.69 Å². The maximum absolute atomic E-state index is 13.7. The second-order valence-corrected chi connectivity index (χ2v) is 12.4. The van der Waals surface area contributed by atoms with Crippen molar-refractivity contribution in [1.29, 1.82) is 5.26 Å². The second-order valence-electron chi connectivity index (χ2n) is 12.0. The number of carbonyl (C=O) groups is 2. The first kappa shape index (κ1) is 34.1. The number of carbonyl (C=O) groups excluding carboxylic acids is 2. The Labute approximate surface area is 262 Å². The summed E-state index contributed by atoms with van der Waals surface area (Å²) in [6.07, 6.45) is -9.40. The lowest BCUT2D eigenvalue weighted by Gasteiger charge is -2.41. The predicted octanol–water partition coefficient (Wildman–Crippen LogP) is 1.34. The third kappa shape index (κ3) is 7.74. The first-order valence-corrected chi connectivity index (χ1v) is 14.2. The molecule has 2 heterocycles. The molecule has 0 aromatic heterocycles. The number of rotatable bonds is 6. The molecule has 0 bridgehead atoms. The lowest BCUT2D eigenvalue weighted by atomic mass is 9.75. The van der Waals surface area contributed by atoms with E-state index in [4.69, 9.17) is 21.1 Å². The van der Waals surface area contributed by atoms with Crippen molar-refractivity contribution in [3.05, 3.63) is 52.8 Å². The summed E-state index contributed by atoms with van der Waals surface area (Å²) >= 11 is 6.24. The van der Waals surface area contributed by atoms with Crippen molar-refractivity contribution in [3.8, 4) is 11.8 Å². The Morgan fingerprint density at radius 1 is 1.09 bits per heavy atom. The summed E-state index contributed by atoms with van der Waals surface area (Å²) in [5, 5.41) is 67.8. The minimum Gasteiger partial charge on any atom is -0.476 e. The number of anilines is 2. The van der Waals surface area contributed by atoms with Gasteiger partial charge in [0, 0.05) is 19.2 Å². The van der Waals surface area contributed by atoms with E-state index >= 15 is 0 Å². The van der Waals surface area contributed by atoms with Crippen LogP contribution in [0.2, 0.25) is 5.02 Å². The molecule has 0 aliphatic carbocycles. The largest absolute Gasteiger partial charge is 0.476 e. The summed E-state index contributed by atoms with van der Waals surface area (Å²) in [6.45, 7) is 4.85. The fourth-order valence-electron chi connectivity index (χ4n) is 5.29. The molecular formula is C29H34ClFN4O10. The van der Waals surface area contributed by atoms with Gasteiger partial charge in [0.05, 0.1) is 34.4 Å². The van der Waals surface area contributed by atoms with Gasteiger partial charge >= 0.3 is 18.3 Å². The maximum atomic E-state index is 13.7. The highest BCUT2D eigenvalue weighted by Crippen LogP contribution is 2.44. The Hall–Kier alpha value is -3.75. The van der Waals surface area contributed by atoms with Crippen LogP contribution in [0.15, 0.2) is 36.4 Å². The SMILES string of the molecule is CC(C)(C)OC(=O)N1CC(C(=O)N2CCC(C#N)(Cc3ccc(F)cc3)CC2)Oc2cc(N(C(O)(O)O)C(O)(O)O)c(Cl)cc21. The molecule has 1 saturated heterocycles. The number of likely N-dealkylation sites (tertiary alicyclic amines) is 1. The number of fused-ring (bicyclic) bond motifs is 1. The number of hydrogen-bond acceptors (Lipinski definition) is 12. The van der Waals surface area contributed by atoms with Crippen LogP contribution >= 0.6 is 11.6 Å². The highest BCUT2D eigenvalue weighted by molar-refractivity contribution is 6.33. The first-order chi connectivity index (χ1) is 20.7. The van der Waals surface area contributed by atoms with Crippen molar-refractivity contribution in [2.24, 2.45) is 5.41 Å². The maximum Gasteiger partial charge on any atom is 0.415 e. The molecule has 2 aromatic rings. The summed E-state index contributed by atoms with van der Waals surface area (Å²) in [5.74, 6) is -1.26. The van der Waals surface area contributed by atoms with E-state index in [1.54, 1.807) is 32.9 Å². The third-order valence-electron chi connectivity index (χ3n) is 7.39. The summed E-state index contributed by atoms with van der Waals surface area (Å²) in [4.78, 5) is 29.0. The van der Waals surface area contributed by atoms with Gasteiger partial charge < -0.3 is 45.0 Å². The molecule has 2 aromatic carbocycles. The van der Waals surface area contributed by atoms with Crippen LogP contribution in [-0.2, 0) is 16.0 Å². The highest BCUT2D eigenvalue weighted by atomic mass is 35.5. The minimum absolute atomic E-state index is 0.0534. The molecule has 0 radical (unpaired) electrons. The zero-order valence-corrected chi connectivity index (χ0v) is 25.4. The van der Waals surface area contributed by atoms with E-state index < -0.39 is 62.7 Å². The molecule has 0 spiro atoms. The number of aliphatic hydroxyl groups is 6. The number of ether oxygens (including phenoxy) is 2. The van der Waals surface area contributed by atoms with E-state index in [1.807, 2.05) is 0 Å². The first-order valence-electron chi connectivity index (χ1n) is 13.8. The Balaban J connectivity index is 1.63. The van der Waals surface area contributed by atoms with Crippen LogP contribution in [0.1, 0.15) is 39.2 Å². The number of nitrogens with zero attached hydrogens (tertiary/aromatic N) is 4. The fraction of sp³-hybridized carbons (Fsp3) is 0.483. The van der Waals surface area contributed by atoms with Crippen LogP contribution in [0.25, 0.3) is 0 Å². The van der Waals surface area contributed by atoms with Crippen molar-refractivity contribution < 1.29 is 54.1 Å². The smallest absolute Gasteiger partial charge is 0.415 e. The second kappa shape index (κ2) is 12.2. The molecule has 0 saturated carbocycles. The van der Waals surface area contributed by atoms with E-state index in [0.29, 0.717) is 19.3 Å². The van der Waals surface area contributed by atoms with E-state index in [9.17, 15) is 49.9 Å². The van der Waals surface area contributed by atoms with Crippen LogP contribution in [0.4, 0.5) is 20.6 Å². The number of piperidine rings is 1. The van der Waals surface area contributed by atoms with Crippen molar-refractivity contribution >= 4 is 35.0 Å². The lowest BCUT2D eigenvalue weighted by Crippen LogP contribution is -2.62. The third-order valence-corrected chi connectivity index (χ3v) is 7.69. The van der Waals surface area contributed by atoms with E-state index in [-0.39, 0.29) is 31.1 Å². The van der Waals surface area contributed by atoms with E-state index in [2.05, 4.69) is 6.07 Å². The Bertz CT molecular complexity index is 1460. The molecule has 4 rings (SSSR count). The van der Waals surface area contributed by atoms with Crippen molar-refractivity contribution in [2.75, 3.05) is 29.4 Å². The molecule has 1 unspecified atom stereocenters. The molecule has 244 valence electrons. The van der Waals surface area contributed by atoms with Gasteiger partial charge in [-0.25, -0.2) is 14.1 Å². The predicted molar refractivity (Wildman–Crippen MR) is 155 cm³/mol. The Morgan fingerprint density at radius 3 is 2.18 bits per heavy atom. The molecule has 14 nitrogen and oxygen atoms in total. The quantitative estimate of drug-likeness (QED) is 0.244. The zero-order valence-electron chi connectivity index (χ0n) is 24.6. The highest BCUT2D eigenvalue weighted by Gasteiger charge is 2.47. The average Bonchev–Trinajstić information content (AvgIpc) is 2.92. The Kier molecular flexibility index (Phi) is 9.26. The molecule has 1 atom stereocenters. The van der Waals surface area contributed by atoms with Crippen molar-refractivity contribution in [3.63, 3.8) is 0 Å². The summed E-state index contributed by atoms with van der Waals surface area (Å²) in [6, 6.07) is 10.1. The molecule has 45 heavy (non-hydrogen) atoms. The van der Waals surface area contributed by atoms with Gasteiger partial charge in [0.25, 0.3) is 5.91 Å². The molecule has 1 fully saturated rings. The van der Waals surface area contributed by atoms with Crippen LogP contribution in [0.3, 0.4) is 0 Å². The van der Waals surface area contributed by atoms with Gasteiger partial charge in [-0.15, -0.1) is 0 Å². The van der Waals surface area contributed by atoms with Crippen molar-refractivity contribution in [2.45, 2.75) is 63.9 Å². The molecule has 2 aliphatic heterocycles. The monoisotopic (exact) mass is 652 g/mol. The molecule has 6 N–H and O–H groups in total. The molecule has 2 amide bonds. The zero-order chi connectivity index (χ0) is 33.5. The van der Waals surface area contributed by atoms with Gasteiger partial charge in [-0.1, -0.05) is 23.7 Å². The Morgan fingerprint density at radius 2 is 1.67 bits per heavy atom. The van der Waals surface area contributed by atoms with Crippen LogP contribution in [0.5, 0.6) is 5.75 Å². The van der Waals surface area contributed by atoms with Gasteiger partial charge in [0.15, 0.2) is 6.10 Å². The van der Waals surface area contributed by atoms with E-state index in [0.717, 1.165) is 22.6 Å². The topological polar surface area (TPSA) is 207 Å². The van der Waals surface area contributed by atoms with Gasteiger partial charge in [-0.2, -0.15) is 5.26 Å². The van der Waals surface area contributed by atoms with Crippen LogP contribution in [0, 0.1) is 22.6 Å². The summed E-state index contributed by atoms with van der Waals surface area (Å²) < 4.78 is 24.8. The average molecular weight is 653 g/mol. The van der Waals surface area contributed by atoms with Crippen LogP contribution in [-0.4, -0.2) is 91.1 Å². The fourth-order valence-corrected chi connectivity index (χ4v) is 5.53. The summed E-state index contributed by atoms with van der Waals surface area (Å²) in [5.41, 5.74) is -1.81. The van der Waals surface area contributed by atoms with Gasteiger partial charge in [-0.05, 0) is 63.8 Å². The van der Waals surface area contributed by atoms with Crippen LogP contribution < -0.4 is 14.5 Å². The number of hydrogen-bond donors (Lipinski definition) is 6. The normalized spacial score (nSPS) is 18.4. The molecule has 2 aliphatic rings. The van der Waals surface area contributed by atoms with Gasteiger partial charge in [0.2, 0.25) is 0 Å². The van der Waals surface area contributed by atoms with Crippen molar-refractivity contribution in [1.82, 2.24) is 4.90 Å². The summed E-state index contributed by atoms with van der Waals surface area (Å²) in [7, 11) is 0. The molecular weight excluding hydrogens is 619 g/mol. The number of nitriles is 1.